The van der Waals surface area contributed by atoms with E-state index in [9.17, 15) is 14.0 Å². The quantitative estimate of drug-likeness (QED) is 0.820. The number of hydrogen-bond donors (Lipinski definition) is 0. The third-order valence-electron chi connectivity index (χ3n) is 5.59. The van der Waals surface area contributed by atoms with Crippen LogP contribution in [0.3, 0.4) is 0 Å². The Hall–Kier alpha value is -2.73. The number of nitrogens with zero attached hydrogens (tertiary/aromatic N) is 2. The summed E-state index contributed by atoms with van der Waals surface area (Å²) in [6.45, 7) is 1.71. The molecule has 0 bridgehead atoms. The van der Waals surface area contributed by atoms with Crippen LogP contribution < -0.4 is 4.90 Å². The van der Waals surface area contributed by atoms with Gasteiger partial charge in [-0.05, 0) is 42.7 Å². The van der Waals surface area contributed by atoms with Gasteiger partial charge in [-0.15, -0.1) is 0 Å². The van der Waals surface area contributed by atoms with Gasteiger partial charge in [-0.1, -0.05) is 30.3 Å². The van der Waals surface area contributed by atoms with E-state index in [4.69, 9.17) is 4.74 Å². The number of hydrogen-bond acceptors (Lipinski definition) is 3. The van der Waals surface area contributed by atoms with Crippen molar-refractivity contribution in [2.24, 2.45) is 0 Å². The average Bonchev–Trinajstić information content (AvgIpc) is 2.71. The number of benzene rings is 2. The van der Waals surface area contributed by atoms with E-state index in [-0.39, 0.29) is 30.7 Å². The number of rotatable bonds is 3. The molecule has 0 aliphatic carbocycles. The molecule has 5 nitrogen and oxygen atoms in total. The van der Waals surface area contributed by atoms with Crippen molar-refractivity contribution in [2.45, 2.75) is 24.9 Å². The van der Waals surface area contributed by atoms with E-state index in [1.165, 1.54) is 12.1 Å². The third kappa shape index (κ3) is 3.92. The van der Waals surface area contributed by atoms with Gasteiger partial charge in [0.15, 0.2) is 0 Å². The number of carbonyl (C=O) groups excluding carboxylic acids is 2. The highest BCUT2D eigenvalue weighted by atomic mass is 19.1. The maximum atomic E-state index is 13.3. The van der Waals surface area contributed by atoms with Gasteiger partial charge < -0.3 is 14.5 Å². The van der Waals surface area contributed by atoms with Gasteiger partial charge in [0.2, 0.25) is 5.91 Å². The van der Waals surface area contributed by atoms with E-state index in [2.05, 4.69) is 0 Å². The number of para-hydroxylation sites is 1. The lowest BCUT2D eigenvalue weighted by Gasteiger charge is -2.47. The summed E-state index contributed by atoms with van der Waals surface area (Å²) in [5, 5.41) is 0. The van der Waals surface area contributed by atoms with Crippen LogP contribution >= 0.6 is 0 Å². The fourth-order valence-corrected chi connectivity index (χ4v) is 3.96. The largest absolute Gasteiger partial charge is 0.363 e. The van der Waals surface area contributed by atoms with Gasteiger partial charge in [0.25, 0.3) is 5.91 Å². The van der Waals surface area contributed by atoms with Crippen LogP contribution in [0.25, 0.3) is 0 Å². The van der Waals surface area contributed by atoms with Gasteiger partial charge >= 0.3 is 0 Å². The molecule has 0 unspecified atom stereocenters. The highest BCUT2D eigenvalue weighted by molar-refractivity contribution is 5.95. The molecule has 0 aromatic heterocycles. The van der Waals surface area contributed by atoms with Gasteiger partial charge in [-0.25, -0.2) is 4.39 Å². The predicted molar refractivity (Wildman–Crippen MR) is 103 cm³/mol. The van der Waals surface area contributed by atoms with Crippen LogP contribution in [0.5, 0.6) is 0 Å². The second-order valence-corrected chi connectivity index (χ2v) is 7.47. The molecule has 1 spiro atoms. The topological polar surface area (TPSA) is 49.9 Å². The lowest BCUT2D eigenvalue weighted by Crippen LogP contribution is -2.59. The van der Waals surface area contributed by atoms with E-state index < -0.39 is 5.60 Å². The number of likely N-dealkylation sites (tertiary alicyclic amines) is 1. The normalized spacial score (nSPS) is 19.1. The van der Waals surface area contributed by atoms with Crippen molar-refractivity contribution < 1.29 is 18.7 Å². The first-order chi connectivity index (χ1) is 13.5. The van der Waals surface area contributed by atoms with E-state index >= 15 is 0 Å². The summed E-state index contributed by atoms with van der Waals surface area (Å²) in [7, 11) is 0. The number of morpholine rings is 1. The van der Waals surface area contributed by atoms with E-state index in [0.29, 0.717) is 38.0 Å². The van der Waals surface area contributed by atoms with Gasteiger partial charge in [0.05, 0.1) is 18.6 Å². The summed E-state index contributed by atoms with van der Waals surface area (Å²) in [6, 6.07) is 15.8. The highest BCUT2D eigenvalue weighted by Crippen LogP contribution is 2.33. The van der Waals surface area contributed by atoms with E-state index in [0.717, 1.165) is 5.69 Å². The van der Waals surface area contributed by atoms with Crippen LogP contribution in [0, 0.1) is 5.82 Å². The zero-order valence-electron chi connectivity index (χ0n) is 15.6. The Kier molecular flexibility index (Phi) is 5.13. The first-order valence-corrected chi connectivity index (χ1v) is 9.56. The molecule has 0 saturated carbocycles. The Morgan fingerprint density at radius 3 is 2.54 bits per heavy atom. The van der Waals surface area contributed by atoms with Gasteiger partial charge in [0, 0.05) is 18.8 Å². The number of piperidine rings is 1. The molecule has 0 radical (unpaired) electrons. The van der Waals surface area contributed by atoms with Crippen molar-refractivity contribution in [3.63, 3.8) is 0 Å². The Morgan fingerprint density at radius 1 is 1.07 bits per heavy atom. The Labute approximate surface area is 163 Å². The summed E-state index contributed by atoms with van der Waals surface area (Å²) in [5.74, 6) is -0.377. The molecule has 146 valence electrons. The maximum absolute atomic E-state index is 13.3. The SMILES string of the molecule is O=C(Cc1cccc(F)c1)N1CCC2(CC1)CN(c1ccccc1)C(=O)CO2. The summed E-state index contributed by atoms with van der Waals surface area (Å²) in [5.41, 5.74) is 1.14. The molecule has 2 aromatic rings. The van der Waals surface area contributed by atoms with Gasteiger partial charge in [0.1, 0.15) is 12.4 Å². The molecule has 2 fully saturated rings. The van der Waals surface area contributed by atoms with Gasteiger partial charge in [-0.3, -0.25) is 9.59 Å². The molecule has 28 heavy (non-hydrogen) atoms. The van der Waals surface area contributed by atoms with Crippen molar-refractivity contribution in [1.29, 1.82) is 0 Å². The number of amides is 2. The van der Waals surface area contributed by atoms with Crippen molar-refractivity contribution in [2.75, 3.05) is 31.1 Å². The standard InChI is InChI=1S/C22H23FN2O3/c23-18-6-4-5-17(13-18)14-20(26)24-11-9-22(10-12-24)16-25(21(27)15-28-22)19-7-2-1-3-8-19/h1-8,13H,9-12,14-16H2. The zero-order valence-corrected chi connectivity index (χ0v) is 15.6. The number of carbonyl (C=O) groups is 2. The van der Waals surface area contributed by atoms with E-state index in [1.54, 1.807) is 17.0 Å². The number of anilines is 1. The molecule has 6 heteroatoms. The fourth-order valence-electron chi connectivity index (χ4n) is 3.96. The molecule has 4 rings (SSSR count). The van der Waals surface area contributed by atoms with Crippen LogP contribution in [0.2, 0.25) is 0 Å². The van der Waals surface area contributed by atoms with Crippen LogP contribution in [-0.2, 0) is 20.7 Å². The van der Waals surface area contributed by atoms with Crippen LogP contribution in [-0.4, -0.2) is 48.6 Å². The van der Waals surface area contributed by atoms with Crippen molar-refractivity contribution >= 4 is 17.5 Å². The first-order valence-electron chi connectivity index (χ1n) is 9.56. The molecule has 2 aliphatic rings. The summed E-state index contributed by atoms with van der Waals surface area (Å²) < 4.78 is 19.3. The number of halogens is 1. The molecule has 2 heterocycles. The second-order valence-electron chi connectivity index (χ2n) is 7.47. The zero-order chi connectivity index (χ0) is 19.6. The molecule has 0 N–H and O–H groups in total. The predicted octanol–water partition coefficient (Wildman–Crippen LogP) is 2.79. The Balaban J connectivity index is 1.39. The van der Waals surface area contributed by atoms with Crippen molar-refractivity contribution in [3.8, 4) is 0 Å². The minimum absolute atomic E-state index is 0.00717. The molecule has 2 saturated heterocycles. The highest BCUT2D eigenvalue weighted by Gasteiger charge is 2.43. The summed E-state index contributed by atoms with van der Waals surface area (Å²) >= 11 is 0. The van der Waals surface area contributed by atoms with E-state index in [1.807, 2.05) is 35.2 Å². The van der Waals surface area contributed by atoms with Crippen LogP contribution in [0.4, 0.5) is 10.1 Å². The van der Waals surface area contributed by atoms with Gasteiger partial charge in [-0.2, -0.15) is 0 Å². The average molecular weight is 382 g/mol. The minimum atomic E-state index is -0.417. The fraction of sp³-hybridized carbons (Fsp3) is 0.364. The summed E-state index contributed by atoms with van der Waals surface area (Å²) in [4.78, 5) is 28.5. The van der Waals surface area contributed by atoms with Crippen molar-refractivity contribution in [3.05, 3.63) is 66.0 Å². The Morgan fingerprint density at radius 2 is 1.82 bits per heavy atom. The minimum Gasteiger partial charge on any atom is -0.363 e. The molecular weight excluding hydrogens is 359 g/mol. The number of ether oxygens (including phenoxy) is 1. The Bertz CT molecular complexity index is 863. The smallest absolute Gasteiger partial charge is 0.253 e. The third-order valence-corrected chi connectivity index (χ3v) is 5.59. The molecule has 2 aliphatic heterocycles. The monoisotopic (exact) mass is 382 g/mol. The lowest BCUT2D eigenvalue weighted by molar-refractivity contribution is -0.150. The molecular formula is C22H23FN2O3. The second kappa shape index (κ2) is 7.72. The lowest BCUT2D eigenvalue weighted by atomic mass is 9.88. The molecule has 2 amide bonds. The first kappa shape index (κ1) is 18.6. The maximum Gasteiger partial charge on any atom is 0.253 e. The molecule has 0 atom stereocenters. The van der Waals surface area contributed by atoms with Crippen LogP contribution in [0.1, 0.15) is 18.4 Å². The molecule has 2 aromatic carbocycles. The summed E-state index contributed by atoms with van der Waals surface area (Å²) in [6.07, 6.45) is 1.55. The van der Waals surface area contributed by atoms with Crippen LogP contribution in [0.15, 0.2) is 54.6 Å². The van der Waals surface area contributed by atoms with Crippen molar-refractivity contribution in [1.82, 2.24) is 4.90 Å².